The number of benzene rings is 1. The van der Waals surface area contributed by atoms with Gasteiger partial charge < -0.3 is 9.64 Å². The minimum atomic E-state index is -0.418. The third-order valence-corrected chi connectivity index (χ3v) is 3.79. The van der Waals surface area contributed by atoms with Crippen LogP contribution in [0.3, 0.4) is 0 Å². The third-order valence-electron chi connectivity index (χ3n) is 3.43. The van der Waals surface area contributed by atoms with Gasteiger partial charge in [0.1, 0.15) is 16.9 Å². The van der Waals surface area contributed by atoms with Crippen molar-refractivity contribution in [1.29, 1.82) is 0 Å². The lowest BCUT2D eigenvalue weighted by Crippen LogP contribution is -2.39. The molecule has 0 bridgehead atoms. The predicted molar refractivity (Wildman–Crippen MR) is 77.2 cm³/mol. The number of nitrogens with zero attached hydrogens (tertiary/aromatic N) is 2. The van der Waals surface area contributed by atoms with Crippen molar-refractivity contribution in [2.45, 2.75) is 6.10 Å². The number of rotatable bonds is 2. The van der Waals surface area contributed by atoms with Gasteiger partial charge in [-0.05, 0) is 17.7 Å². The first-order chi connectivity index (χ1) is 10.1. The molecule has 1 aromatic carbocycles. The molecular weight excluding hydrogens is 297 g/mol. The highest BCUT2D eigenvalue weighted by Crippen LogP contribution is 2.28. The Balaban J connectivity index is 1.84. The summed E-state index contributed by atoms with van der Waals surface area (Å²) in [5.41, 5.74) is 1.05. The molecule has 0 aliphatic carbocycles. The molecule has 5 nitrogen and oxygen atoms in total. The fraction of sp³-hybridized carbons (Fsp3) is 0.286. The van der Waals surface area contributed by atoms with Crippen molar-refractivity contribution in [3.05, 3.63) is 57.2 Å². The molecule has 21 heavy (non-hydrogen) atoms. The molecule has 2 aromatic rings. The minimum Gasteiger partial charge on any atom is -0.370 e. The topological polar surface area (TPSA) is 58.2 Å². The standard InChI is InChI=1S/C14H13ClFN3O2/c15-13-11(7-17-18-14(13)20)19-5-6-21-12(8-19)9-1-3-10(16)4-2-9/h1-4,7,12H,5-6,8H2,(H,18,20)/t12-/m0/s1. The zero-order valence-corrected chi connectivity index (χ0v) is 11.8. The monoisotopic (exact) mass is 309 g/mol. The van der Waals surface area contributed by atoms with Gasteiger partial charge in [0.2, 0.25) is 0 Å². The maximum atomic E-state index is 13.0. The van der Waals surface area contributed by atoms with Crippen LogP contribution in [0.4, 0.5) is 10.1 Å². The van der Waals surface area contributed by atoms with E-state index in [0.29, 0.717) is 25.4 Å². The maximum Gasteiger partial charge on any atom is 0.285 e. The van der Waals surface area contributed by atoms with Gasteiger partial charge in [0.25, 0.3) is 5.56 Å². The Morgan fingerprint density at radius 2 is 2.14 bits per heavy atom. The van der Waals surface area contributed by atoms with Crippen molar-refractivity contribution < 1.29 is 9.13 Å². The second kappa shape index (κ2) is 5.83. The highest BCUT2D eigenvalue weighted by atomic mass is 35.5. The molecule has 2 heterocycles. The highest BCUT2D eigenvalue weighted by Gasteiger charge is 2.24. The SMILES string of the molecule is O=c1[nH]ncc(N2CCO[C@H](c3ccc(F)cc3)C2)c1Cl. The van der Waals surface area contributed by atoms with Gasteiger partial charge in [0.15, 0.2) is 0 Å². The molecule has 110 valence electrons. The molecule has 0 radical (unpaired) electrons. The minimum absolute atomic E-state index is 0.116. The molecule has 1 saturated heterocycles. The Hall–Kier alpha value is -1.92. The van der Waals surface area contributed by atoms with Gasteiger partial charge in [0.05, 0.1) is 18.5 Å². The van der Waals surface area contributed by atoms with Crippen molar-refractivity contribution in [3.63, 3.8) is 0 Å². The largest absolute Gasteiger partial charge is 0.370 e. The Bertz CT molecular complexity index is 689. The van der Waals surface area contributed by atoms with Gasteiger partial charge in [-0.15, -0.1) is 0 Å². The third kappa shape index (κ3) is 2.91. The number of hydrogen-bond acceptors (Lipinski definition) is 4. The van der Waals surface area contributed by atoms with E-state index in [1.165, 1.54) is 18.3 Å². The molecule has 1 aromatic heterocycles. The normalized spacial score (nSPS) is 18.8. The lowest BCUT2D eigenvalue weighted by Gasteiger charge is -2.34. The first-order valence-corrected chi connectivity index (χ1v) is 6.88. The van der Waals surface area contributed by atoms with E-state index >= 15 is 0 Å². The van der Waals surface area contributed by atoms with Crippen LogP contribution in [0.25, 0.3) is 0 Å². The van der Waals surface area contributed by atoms with Gasteiger partial charge in [0, 0.05) is 13.1 Å². The summed E-state index contributed by atoms with van der Waals surface area (Å²) in [7, 11) is 0. The van der Waals surface area contributed by atoms with E-state index in [0.717, 1.165) is 5.56 Å². The summed E-state index contributed by atoms with van der Waals surface area (Å²) in [4.78, 5) is 13.5. The first-order valence-electron chi connectivity index (χ1n) is 6.50. The second-order valence-corrected chi connectivity index (χ2v) is 5.13. The number of hydrogen-bond donors (Lipinski definition) is 1. The summed E-state index contributed by atoms with van der Waals surface area (Å²) in [6.07, 6.45) is 1.33. The Morgan fingerprint density at radius 3 is 2.90 bits per heavy atom. The number of H-pyrrole nitrogens is 1. The lowest BCUT2D eigenvalue weighted by atomic mass is 10.1. The molecule has 1 aliphatic rings. The number of aromatic nitrogens is 2. The highest BCUT2D eigenvalue weighted by molar-refractivity contribution is 6.32. The van der Waals surface area contributed by atoms with Gasteiger partial charge >= 0.3 is 0 Å². The lowest BCUT2D eigenvalue weighted by molar-refractivity contribution is 0.0397. The molecule has 1 aliphatic heterocycles. The van der Waals surface area contributed by atoms with Crippen LogP contribution >= 0.6 is 11.6 Å². The number of ether oxygens (including phenoxy) is 1. The summed E-state index contributed by atoms with van der Waals surface area (Å²) >= 11 is 6.03. The van der Waals surface area contributed by atoms with Crippen LogP contribution in [-0.4, -0.2) is 29.9 Å². The second-order valence-electron chi connectivity index (χ2n) is 4.76. The van der Waals surface area contributed by atoms with Crippen molar-refractivity contribution in [1.82, 2.24) is 10.2 Å². The molecular formula is C14H13ClFN3O2. The summed E-state index contributed by atoms with van der Waals surface area (Å²) in [6.45, 7) is 1.63. The Labute approximate surface area is 125 Å². The van der Waals surface area contributed by atoms with Gasteiger partial charge in [-0.1, -0.05) is 23.7 Å². The maximum absolute atomic E-state index is 13.0. The van der Waals surface area contributed by atoms with Gasteiger partial charge in [-0.2, -0.15) is 5.10 Å². The summed E-state index contributed by atoms with van der Waals surface area (Å²) < 4.78 is 18.7. The molecule has 0 saturated carbocycles. The molecule has 7 heteroatoms. The van der Waals surface area contributed by atoms with Crippen LogP contribution in [0.15, 0.2) is 35.3 Å². The van der Waals surface area contributed by atoms with E-state index < -0.39 is 5.56 Å². The van der Waals surface area contributed by atoms with E-state index in [9.17, 15) is 9.18 Å². The fourth-order valence-electron chi connectivity index (χ4n) is 2.34. The molecule has 1 atom stereocenters. The number of aromatic amines is 1. The zero-order chi connectivity index (χ0) is 14.8. The summed E-state index contributed by atoms with van der Waals surface area (Å²) in [5.74, 6) is -0.284. The molecule has 0 spiro atoms. The van der Waals surface area contributed by atoms with Crippen molar-refractivity contribution >= 4 is 17.3 Å². The molecule has 0 amide bonds. The summed E-state index contributed by atoms with van der Waals surface area (Å²) in [5, 5.41) is 6.18. The van der Waals surface area contributed by atoms with E-state index in [2.05, 4.69) is 10.2 Å². The molecule has 0 unspecified atom stereocenters. The van der Waals surface area contributed by atoms with E-state index in [1.807, 2.05) is 4.90 Å². The average Bonchev–Trinajstić information content (AvgIpc) is 2.51. The van der Waals surface area contributed by atoms with Crippen LogP contribution in [-0.2, 0) is 4.74 Å². The van der Waals surface area contributed by atoms with Crippen LogP contribution in [0.5, 0.6) is 0 Å². The van der Waals surface area contributed by atoms with Crippen LogP contribution < -0.4 is 10.5 Å². The van der Waals surface area contributed by atoms with Gasteiger partial charge in [-0.3, -0.25) is 4.79 Å². The Kier molecular flexibility index (Phi) is 3.90. The van der Waals surface area contributed by atoms with Crippen LogP contribution in [0, 0.1) is 5.82 Å². The molecule has 1 fully saturated rings. The fourth-order valence-corrected chi connectivity index (χ4v) is 2.55. The zero-order valence-electron chi connectivity index (χ0n) is 11.1. The quantitative estimate of drug-likeness (QED) is 0.923. The van der Waals surface area contributed by atoms with E-state index in [-0.39, 0.29) is 16.9 Å². The smallest absolute Gasteiger partial charge is 0.285 e. The predicted octanol–water partition coefficient (Wildman–Crippen LogP) is 2.14. The average molecular weight is 310 g/mol. The van der Waals surface area contributed by atoms with Crippen LogP contribution in [0.2, 0.25) is 5.02 Å². The first kappa shape index (κ1) is 14.0. The number of nitrogens with one attached hydrogen (secondary N) is 1. The van der Waals surface area contributed by atoms with Gasteiger partial charge in [-0.25, -0.2) is 9.49 Å². The van der Waals surface area contributed by atoms with Crippen molar-refractivity contribution in [2.75, 3.05) is 24.6 Å². The number of morpholine rings is 1. The number of halogens is 2. The Morgan fingerprint density at radius 1 is 1.38 bits per heavy atom. The van der Waals surface area contributed by atoms with E-state index in [1.54, 1.807) is 12.1 Å². The molecule has 1 N–H and O–H groups in total. The van der Waals surface area contributed by atoms with Crippen molar-refractivity contribution in [2.24, 2.45) is 0 Å². The summed E-state index contributed by atoms with van der Waals surface area (Å²) in [6, 6.07) is 6.20. The number of anilines is 1. The van der Waals surface area contributed by atoms with Crippen LogP contribution in [0.1, 0.15) is 11.7 Å². The van der Waals surface area contributed by atoms with Crippen molar-refractivity contribution in [3.8, 4) is 0 Å². The van der Waals surface area contributed by atoms with E-state index in [4.69, 9.17) is 16.3 Å². The molecule has 3 rings (SSSR count).